The van der Waals surface area contributed by atoms with Gasteiger partial charge >= 0.3 is 6.09 Å². The molecule has 1 aromatic carbocycles. The van der Waals surface area contributed by atoms with Crippen LogP contribution in [0.2, 0.25) is 0 Å². The third kappa shape index (κ3) is 8.95. The molecule has 0 aliphatic heterocycles. The number of thiazole rings is 1. The molecule has 1 amide bonds. The number of hydrogen-bond acceptors (Lipinski definition) is 5. The Bertz CT molecular complexity index is 784. The number of carbonyl (C=O) groups excluding carboxylic acids is 1. The third-order valence-electron chi connectivity index (χ3n) is 3.63. The number of nitrogens with zero attached hydrogens (tertiary/aromatic N) is 2. The molecular formula is C21H31N5O2S. The van der Waals surface area contributed by atoms with Gasteiger partial charge in [-0.2, -0.15) is 0 Å². The maximum atomic E-state index is 11.6. The Hall–Kier alpha value is -2.61. The van der Waals surface area contributed by atoms with Gasteiger partial charge in [-0.05, 0) is 34.1 Å². The molecule has 8 heteroatoms. The molecule has 0 spiro atoms. The summed E-state index contributed by atoms with van der Waals surface area (Å²) in [5.74, 6) is 0.735. The summed E-state index contributed by atoms with van der Waals surface area (Å²) in [6, 6.07) is 10.1. The molecule has 29 heavy (non-hydrogen) atoms. The smallest absolute Gasteiger partial charge is 0.407 e. The Kier molecular flexibility index (Phi) is 8.92. The molecule has 3 N–H and O–H groups in total. The minimum atomic E-state index is -0.483. The Balaban J connectivity index is 1.77. The van der Waals surface area contributed by atoms with E-state index in [1.165, 1.54) is 0 Å². The molecule has 0 atom stereocenters. The van der Waals surface area contributed by atoms with Gasteiger partial charge in [0, 0.05) is 30.6 Å². The minimum Gasteiger partial charge on any atom is -0.444 e. The number of amides is 1. The summed E-state index contributed by atoms with van der Waals surface area (Å²) in [4.78, 5) is 20.9. The Labute approximate surface area is 177 Å². The number of aromatic nitrogens is 1. The lowest BCUT2D eigenvalue weighted by molar-refractivity contribution is 0.0527. The molecule has 1 aromatic heterocycles. The van der Waals surface area contributed by atoms with E-state index in [1.807, 2.05) is 51.3 Å². The van der Waals surface area contributed by atoms with E-state index in [0.717, 1.165) is 35.2 Å². The van der Waals surface area contributed by atoms with Gasteiger partial charge in [0.25, 0.3) is 0 Å². The van der Waals surface area contributed by atoms with Crippen molar-refractivity contribution >= 4 is 23.4 Å². The molecule has 0 radical (unpaired) electrons. The van der Waals surface area contributed by atoms with Gasteiger partial charge in [-0.3, -0.25) is 0 Å². The number of rotatable bonds is 8. The second-order valence-electron chi connectivity index (χ2n) is 7.41. The van der Waals surface area contributed by atoms with E-state index in [4.69, 9.17) is 4.74 Å². The number of carbonyl (C=O) groups is 1. The molecule has 1 heterocycles. The maximum absolute atomic E-state index is 11.6. The highest BCUT2D eigenvalue weighted by Gasteiger charge is 2.15. The van der Waals surface area contributed by atoms with Crippen molar-refractivity contribution in [2.45, 2.75) is 46.3 Å². The third-order valence-corrected chi connectivity index (χ3v) is 4.57. The summed E-state index contributed by atoms with van der Waals surface area (Å²) in [7, 11) is 0. The van der Waals surface area contributed by atoms with Gasteiger partial charge in [0.1, 0.15) is 10.6 Å². The zero-order chi connectivity index (χ0) is 21.1. The summed E-state index contributed by atoms with van der Waals surface area (Å²) < 4.78 is 5.21. The van der Waals surface area contributed by atoms with Crippen LogP contribution < -0.4 is 16.0 Å². The van der Waals surface area contributed by atoms with Crippen molar-refractivity contribution in [3.63, 3.8) is 0 Å². The second-order valence-corrected chi connectivity index (χ2v) is 8.27. The van der Waals surface area contributed by atoms with Crippen molar-refractivity contribution in [3.8, 4) is 10.6 Å². The van der Waals surface area contributed by atoms with Gasteiger partial charge in [-0.25, -0.2) is 14.8 Å². The van der Waals surface area contributed by atoms with Crippen LogP contribution in [0.25, 0.3) is 10.6 Å². The molecule has 0 saturated heterocycles. The van der Waals surface area contributed by atoms with Crippen LogP contribution in [0, 0.1) is 0 Å². The summed E-state index contributed by atoms with van der Waals surface area (Å²) in [6.45, 7) is 10.1. The first-order chi connectivity index (χ1) is 13.9. The Morgan fingerprint density at radius 2 is 1.86 bits per heavy atom. The average molecular weight is 418 g/mol. The standard InChI is InChI=1S/C21H31N5O2S/c1-5-22-19(23-12-9-13-24-20(27)28-21(2,3)4)25-14-17-15-29-18(26-17)16-10-7-6-8-11-16/h6-8,10-11,15H,5,9,12-14H2,1-4H3,(H,24,27)(H2,22,23,25). The number of benzene rings is 1. The minimum absolute atomic E-state index is 0.393. The van der Waals surface area contributed by atoms with Crippen LogP contribution in [0.4, 0.5) is 4.79 Å². The molecule has 2 rings (SSSR count). The predicted molar refractivity (Wildman–Crippen MR) is 119 cm³/mol. The molecule has 0 aliphatic carbocycles. The van der Waals surface area contributed by atoms with Crippen molar-refractivity contribution in [2.24, 2.45) is 4.99 Å². The average Bonchev–Trinajstić information content (AvgIpc) is 3.14. The number of ether oxygens (including phenoxy) is 1. The molecule has 158 valence electrons. The fourth-order valence-electron chi connectivity index (χ4n) is 2.39. The zero-order valence-electron chi connectivity index (χ0n) is 17.6. The number of alkyl carbamates (subject to hydrolysis) is 1. The lowest BCUT2D eigenvalue weighted by atomic mass is 10.2. The highest BCUT2D eigenvalue weighted by atomic mass is 32.1. The topological polar surface area (TPSA) is 87.6 Å². The summed E-state index contributed by atoms with van der Waals surface area (Å²) in [6.07, 6.45) is 0.370. The van der Waals surface area contributed by atoms with E-state index >= 15 is 0 Å². The van der Waals surface area contributed by atoms with E-state index in [2.05, 4.69) is 38.1 Å². The second kappa shape index (κ2) is 11.4. The zero-order valence-corrected chi connectivity index (χ0v) is 18.4. The summed E-state index contributed by atoms with van der Waals surface area (Å²) in [5.41, 5.74) is 1.58. The van der Waals surface area contributed by atoms with Crippen molar-refractivity contribution in [2.75, 3.05) is 19.6 Å². The maximum Gasteiger partial charge on any atom is 0.407 e. The first-order valence-corrected chi connectivity index (χ1v) is 10.7. The van der Waals surface area contributed by atoms with Crippen LogP contribution in [0.5, 0.6) is 0 Å². The molecule has 7 nitrogen and oxygen atoms in total. The lowest BCUT2D eigenvalue weighted by Gasteiger charge is -2.19. The van der Waals surface area contributed by atoms with Crippen LogP contribution in [0.15, 0.2) is 40.7 Å². The van der Waals surface area contributed by atoms with Crippen molar-refractivity contribution in [1.29, 1.82) is 0 Å². The summed E-state index contributed by atoms with van der Waals surface area (Å²) in [5, 5.41) is 12.3. The van der Waals surface area contributed by atoms with Gasteiger partial charge < -0.3 is 20.7 Å². The quantitative estimate of drug-likeness (QED) is 0.346. The first-order valence-electron chi connectivity index (χ1n) is 9.86. The van der Waals surface area contributed by atoms with Gasteiger partial charge in [0.05, 0.1) is 12.2 Å². The van der Waals surface area contributed by atoms with E-state index in [-0.39, 0.29) is 0 Å². The van der Waals surface area contributed by atoms with E-state index in [1.54, 1.807) is 11.3 Å². The van der Waals surface area contributed by atoms with E-state index in [9.17, 15) is 4.79 Å². The number of hydrogen-bond donors (Lipinski definition) is 3. The SMILES string of the molecule is CCNC(=NCc1csc(-c2ccccc2)n1)NCCCNC(=O)OC(C)(C)C. The molecule has 0 saturated carbocycles. The van der Waals surface area contributed by atoms with Crippen LogP contribution in [-0.2, 0) is 11.3 Å². The molecule has 0 aliphatic rings. The highest BCUT2D eigenvalue weighted by molar-refractivity contribution is 7.13. The number of aliphatic imine (C=N–C) groups is 1. The largest absolute Gasteiger partial charge is 0.444 e. The van der Waals surface area contributed by atoms with Crippen molar-refractivity contribution in [3.05, 3.63) is 41.4 Å². The van der Waals surface area contributed by atoms with Gasteiger partial charge in [0.15, 0.2) is 5.96 Å². The van der Waals surface area contributed by atoms with Crippen molar-refractivity contribution in [1.82, 2.24) is 20.9 Å². The molecule has 2 aromatic rings. The fraction of sp³-hybridized carbons (Fsp3) is 0.476. The van der Waals surface area contributed by atoms with Crippen LogP contribution in [0.3, 0.4) is 0 Å². The fourth-order valence-corrected chi connectivity index (χ4v) is 3.21. The monoisotopic (exact) mass is 417 g/mol. The van der Waals surface area contributed by atoms with Crippen LogP contribution in [0.1, 0.15) is 39.8 Å². The molecule has 0 bridgehead atoms. The number of nitrogens with one attached hydrogen (secondary N) is 3. The predicted octanol–water partition coefficient (Wildman–Crippen LogP) is 3.78. The van der Waals surface area contributed by atoms with Crippen LogP contribution >= 0.6 is 11.3 Å². The van der Waals surface area contributed by atoms with Gasteiger partial charge in [0.2, 0.25) is 0 Å². The van der Waals surface area contributed by atoms with Gasteiger partial charge in [-0.1, -0.05) is 30.3 Å². The lowest BCUT2D eigenvalue weighted by Crippen LogP contribution is -2.39. The first kappa shape index (κ1) is 22.7. The van der Waals surface area contributed by atoms with Crippen LogP contribution in [-0.4, -0.2) is 42.3 Å². The van der Waals surface area contributed by atoms with E-state index < -0.39 is 11.7 Å². The van der Waals surface area contributed by atoms with Gasteiger partial charge in [-0.15, -0.1) is 11.3 Å². The molecule has 0 unspecified atom stereocenters. The normalized spacial score (nSPS) is 11.8. The van der Waals surface area contributed by atoms with Crippen molar-refractivity contribution < 1.29 is 9.53 Å². The van der Waals surface area contributed by atoms with E-state index in [0.29, 0.717) is 19.6 Å². The highest BCUT2D eigenvalue weighted by Crippen LogP contribution is 2.23. The molecular weight excluding hydrogens is 386 g/mol. The Morgan fingerprint density at radius 3 is 2.55 bits per heavy atom. The summed E-state index contributed by atoms with van der Waals surface area (Å²) >= 11 is 1.63. The molecule has 0 fully saturated rings. The number of guanidine groups is 1. The Morgan fingerprint density at radius 1 is 1.14 bits per heavy atom.